The highest BCUT2D eigenvalue weighted by Gasteiger charge is 2.32. The van der Waals surface area contributed by atoms with Gasteiger partial charge in [-0.1, -0.05) is 0 Å². The zero-order valence-corrected chi connectivity index (χ0v) is 10.8. The smallest absolute Gasteiger partial charge is 0.401 e. The molecule has 1 fully saturated rings. The Morgan fingerprint density at radius 3 is 2.15 bits per heavy atom. The van der Waals surface area contributed by atoms with Crippen molar-refractivity contribution in [2.24, 2.45) is 0 Å². The maximum Gasteiger partial charge on any atom is 0.401 e. The molecule has 2 rings (SSSR count). The number of phenolic OH excluding ortho intramolecular Hbond substituents is 1. The predicted octanol–water partition coefficient (Wildman–Crippen LogP) is 2.21. The van der Waals surface area contributed by atoms with Gasteiger partial charge in [0, 0.05) is 38.8 Å². The lowest BCUT2D eigenvalue weighted by atomic mass is 10.2. The van der Waals surface area contributed by atoms with E-state index in [4.69, 9.17) is 0 Å². The highest BCUT2D eigenvalue weighted by Crippen LogP contribution is 2.19. The zero-order valence-electron chi connectivity index (χ0n) is 10.8. The van der Waals surface area contributed by atoms with Gasteiger partial charge in [-0.25, -0.2) is 4.39 Å². The van der Waals surface area contributed by atoms with Crippen LogP contribution in [-0.2, 0) is 6.54 Å². The van der Waals surface area contributed by atoms with Crippen molar-refractivity contribution in [2.45, 2.75) is 12.7 Å². The number of benzene rings is 1. The summed E-state index contributed by atoms with van der Waals surface area (Å²) in [6.07, 6.45) is -4.17. The fraction of sp³-hybridized carbons (Fsp3) is 0.538. The SMILES string of the molecule is Oc1cc(F)cc(CN2CCN(CC(F)(F)F)CC2)c1. The molecule has 1 N–H and O–H groups in total. The van der Waals surface area contributed by atoms with Crippen LogP contribution in [-0.4, -0.2) is 53.8 Å². The van der Waals surface area contributed by atoms with Gasteiger partial charge in [0.15, 0.2) is 0 Å². The normalized spacial score (nSPS) is 18.4. The summed E-state index contributed by atoms with van der Waals surface area (Å²) >= 11 is 0. The molecule has 0 amide bonds. The van der Waals surface area contributed by atoms with Crippen LogP contribution in [0.5, 0.6) is 5.75 Å². The number of phenols is 1. The van der Waals surface area contributed by atoms with Crippen molar-refractivity contribution in [1.29, 1.82) is 0 Å². The molecule has 0 aliphatic carbocycles. The van der Waals surface area contributed by atoms with E-state index in [1.807, 2.05) is 4.90 Å². The zero-order chi connectivity index (χ0) is 14.8. The summed E-state index contributed by atoms with van der Waals surface area (Å²) in [5.41, 5.74) is 0.617. The Morgan fingerprint density at radius 1 is 1.00 bits per heavy atom. The molecule has 7 heteroatoms. The minimum absolute atomic E-state index is 0.143. The largest absolute Gasteiger partial charge is 0.508 e. The Kier molecular flexibility index (Phi) is 4.49. The molecule has 0 radical (unpaired) electrons. The summed E-state index contributed by atoms with van der Waals surface area (Å²) in [6, 6.07) is 3.80. The Labute approximate surface area is 114 Å². The molecular formula is C13H16F4N2O. The Morgan fingerprint density at radius 2 is 1.60 bits per heavy atom. The van der Waals surface area contributed by atoms with Gasteiger partial charge in [0.05, 0.1) is 6.54 Å². The number of hydrogen-bond donors (Lipinski definition) is 1. The third kappa shape index (κ3) is 4.64. The second-order valence-electron chi connectivity index (χ2n) is 4.99. The highest BCUT2D eigenvalue weighted by molar-refractivity contribution is 5.28. The molecule has 0 bridgehead atoms. The van der Waals surface area contributed by atoms with E-state index in [-0.39, 0.29) is 5.75 Å². The monoisotopic (exact) mass is 292 g/mol. The quantitative estimate of drug-likeness (QED) is 0.865. The number of piperazine rings is 1. The van der Waals surface area contributed by atoms with Gasteiger partial charge in [-0.15, -0.1) is 0 Å². The van der Waals surface area contributed by atoms with Gasteiger partial charge in [-0.3, -0.25) is 9.80 Å². The van der Waals surface area contributed by atoms with Crippen molar-refractivity contribution in [1.82, 2.24) is 9.80 Å². The van der Waals surface area contributed by atoms with Crippen molar-refractivity contribution < 1.29 is 22.7 Å². The maximum absolute atomic E-state index is 13.1. The van der Waals surface area contributed by atoms with Crippen LogP contribution < -0.4 is 0 Å². The third-order valence-corrected chi connectivity index (χ3v) is 3.22. The van der Waals surface area contributed by atoms with Crippen molar-refractivity contribution in [2.75, 3.05) is 32.7 Å². The summed E-state index contributed by atoms with van der Waals surface area (Å²) in [5, 5.41) is 9.30. The van der Waals surface area contributed by atoms with Gasteiger partial charge >= 0.3 is 6.18 Å². The molecule has 1 aliphatic rings. The lowest BCUT2D eigenvalue weighted by Crippen LogP contribution is -2.48. The molecule has 1 aromatic rings. The first kappa shape index (κ1) is 15.1. The van der Waals surface area contributed by atoms with E-state index in [0.29, 0.717) is 38.3 Å². The first-order valence-electron chi connectivity index (χ1n) is 6.32. The Hall–Kier alpha value is -1.34. The van der Waals surface area contributed by atoms with E-state index in [9.17, 15) is 22.7 Å². The molecule has 0 spiro atoms. The summed E-state index contributed by atoms with van der Waals surface area (Å²) in [4.78, 5) is 3.31. The molecule has 1 aliphatic heterocycles. The number of alkyl halides is 3. The number of halogens is 4. The topological polar surface area (TPSA) is 26.7 Å². The molecule has 112 valence electrons. The summed E-state index contributed by atoms with van der Waals surface area (Å²) in [5.74, 6) is -0.661. The third-order valence-electron chi connectivity index (χ3n) is 3.22. The van der Waals surface area contributed by atoms with E-state index >= 15 is 0 Å². The van der Waals surface area contributed by atoms with Gasteiger partial charge < -0.3 is 5.11 Å². The van der Waals surface area contributed by atoms with Crippen LogP contribution in [0, 0.1) is 5.82 Å². The van der Waals surface area contributed by atoms with Gasteiger partial charge in [-0.2, -0.15) is 13.2 Å². The maximum atomic E-state index is 13.1. The number of rotatable bonds is 3. The molecule has 1 saturated heterocycles. The average Bonchev–Trinajstić information content (AvgIpc) is 2.28. The molecule has 20 heavy (non-hydrogen) atoms. The van der Waals surface area contributed by atoms with E-state index < -0.39 is 18.5 Å². The first-order chi connectivity index (χ1) is 9.32. The minimum Gasteiger partial charge on any atom is -0.508 e. The van der Waals surface area contributed by atoms with Crippen LogP contribution >= 0.6 is 0 Å². The summed E-state index contributed by atoms with van der Waals surface area (Å²) in [6.45, 7) is 1.19. The van der Waals surface area contributed by atoms with E-state index in [1.165, 1.54) is 17.0 Å². The van der Waals surface area contributed by atoms with Gasteiger partial charge in [-0.05, 0) is 17.7 Å². The fourth-order valence-electron chi connectivity index (χ4n) is 2.34. The predicted molar refractivity (Wildman–Crippen MR) is 65.8 cm³/mol. The van der Waals surface area contributed by atoms with E-state index in [2.05, 4.69) is 0 Å². The van der Waals surface area contributed by atoms with Crippen LogP contribution in [0.4, 0.5) is 17.6 Å². The van der Waals surface area contributed by atoms with Gasteiger partial charge in [0.25, 0.3) is 0 Å². The average molecular weight is 292 g/mol. The molecule has 0 aromatic heterocycles. The standard InChI is InChI=1S/C13H16F4N2O/c14-11-5-10(6-12(20)7-11)8-18-1-3-19(4-2-18)9-13(15,16)17/h5-7,20H,1-4,8-9H2. The fourth-order valence-corrected chi connectivity index (χ4v) is 2.34. The van der Waals surface area contributed by atoms with Crippen LogP contribution in [0.1, 0.15) is 5.56 Å². The Balaban J connectivity index is 1.85. The van der Waals surface area contributed by atoms with Gasteiger partial charge in [0.2, 0.25) is 0 Å². The molecule has 3 nitrogen and oxygen atoms in total. The molecular weight excluding hydrogens is 276 g/mol. The van der Waals surface area contributed by atoms with E-state index in [1.54, 1.807) is 0 Å². The lowest BCUT2D eigenvalue weighted by molar-refractivity contribution is -0.149. The molecule has 1 aromatic carbocycles. The highest BCUT2D eigenvalue weighted by atomic mass is 19.4. The van der Waals surface area contributed by atoms with Crippen LogP contribution in [0.3, 0.4) is 0 Å². The number of aromatic hydroxyl groups is 1. The van der Waals surface area contributed by atoms with Crippen LogP contribution in [0.25, 0.3) is 0 Å². The first-order valence-corrected chi connectivity index (χ1v) is 6.32. The summed E-state index contributed by atoms with van der Waals surface area (Å²) < 4.78 is 49.9. The van der Waals surface area contributed by atoms with Crippen molar-refractivity contribution in [3.8, 4) is 5.75 Å². The van der Waals surface area contributed by atoms with Crippen LogP contribution in [0.15, 0.2) is 18.2 Å². The molecule has 0 unspecified atom stereocenters. The molecule has 0 saturated carbocycles. The lowest BCUT2D eigenvalue weighted by Gasteiger charge is -2.35. The Bertz CT molecular complexity index is 436. The van der Waals surface area contributed by atoms with Crippen molar-refractivity contribution in [3.05, 3.63) is 29.6 Å². The van der Waals surface area contributed by atoms with Crippen LogP contribution in [0.2, 0.25) is 0 Å². The molecule has 0 atom stereocenters. The number of nitrogens with zero attached hydrogens (tertiary/aromatic N) is 2. The minimum atomic E-state index is -4.17. The molecule has 1 heterocycles. The van der Waals surface area contributed by atoms with E-state index in [0.717, 1.165) is 6.07 Å². The van der Waals surface area contributed by atoms with Crippen molar-refractivity contribution >= 4 is 0 Å². The second kappa shape index (κ2) is 5.97. The van der Waals surface area contributed by atoms with Crippen molar-refractivity contribution in [3.63, 3.8) is 0 Å². The van der Waals surface area contributed by atoms with Gasteiger partial charge in [0.1, 0.15) is 11.6 Å². The number of hydrogen-bond acceptors (Lipinski definition) is 3. The second-order valence-corrected chi connectivity index (χ2v) is 4.99. The summed E-state index contributed by atoms with van der Waals surface area (Å²) in [7, 11) is 0.